The van der Waals surface area contributed by atoms with Gasteiger partial charge in [-0.3, -0.25) is 4.79 Å². The molecule has 2 N–H and O–H groups in total. The zero-order valence-corrected chi connectivity index (χ0v) is 10.6. The first-order chi connectivity index (χ1) is 8.63. The first-order valence-electron chi connectivity index (χ1n) is 6.43. The van der Waals surface area contributed by atoms with E-state index in [1.54, 1.807) is 7.11 Å². The Morgan fingerprint density at radius 2 is 2.17 bits per heavy atom. The number of hydrogen-bond acceptors (Lipinski definition) is 4. The number of rotatable bonds is 3. The third-order valence-electron chi connectivity index (χ3n) is 3.77. The number of carbonyl (C=O) groups is 2. The van der Waals surface area contributed by atoms with Gasteiger partial charge < -0.3 is 20.1 Å². The van der Waals surface area contributed by atoms with Crippen molar-refractivity contribution in [3.8, 4) is 0 Å². The minimum atomic E-state index is -0.946. The van der Waals surface area contributed by atoms with Gasteiger partial charge in [-0.15, -0.1) is 0 Å². The van der Waals surface area contributed by atoms with E-state index in [-0.39, 0.29) is 18.1 Å². The summed E-state index contributed by atoms with van der Waals surface area (Å²) in [4.78, 5) is 25.0. The Labute approximate surface area is 106 Å². The number of aliphatic carboxylic acids is 1. The molecule has 2 heterocycles. The van der Waals surface area contributed by atoms with Gasteiger partial charge in [-0.1, -0.05) is 6.42 Å². The second-order valence-electron chi connectivity index (χ2n) is 4.94. The fourth-order valence-corrected chi connectivity index (χ4v) is 2.71. The van der Waals surface area contributed by atoms with Crippen molar-refractivity contribution in [2.45, 2.75) is 43.9 Å². The van der Waals surface area contributed by atoms with E-state index in [2.05, 4.69) is 5.32 Å². The molecule has 0 aromatic heterocycles. The molecule has 1 amide bonds. The Hall–Kier alpha value is -1.14. The maximum atomic E-state index is 12.3. The molecule has 0 aliphatic carbocycles. The third-order valence-corrected chi connectivity index (χ3v) is 3.77. The number of carbonyl (C=O) groups excluding carboxylic acids is 1. The van der Waals surface area contributed by atoms with Crippen LogP contribution < -0.4 is 5.32 Å². The molecule has 2 rings (SSSR count). The van der Waals surface area contributed by atoms with Crippen LogP contribution in [0.25, 0.3) is 0 Å². The highest BCUT2D eigenvalue weighted by atomic mass is 16.5. The van der Waals surface area contributed by atoms with E-state index in [1.807, 2.05) is 0 Å². The number of hydrogen-bond donors (Lipinski definition) is 2. The number of nitrogens with one attached hydrogen (secondary N) is 1. The summed E-state index contributed by atoms with van der Waals surface area (Å²) in [6, 6.07) is -0.970. The summed E-state index contributed by atoms with van der Waals surface area (Å²) in [5.74, 6) is -1.04. The first-order valence-corrected chi connectivity index (χ1v) is 6.43. The number of ether oxygens (including phenoxy) is 1. The summed E-state index contributed by atoms with van der Waals surface area (Å²) in [5, 5.41) is 12.3. The predicted molar refractivity (Wildman–Crippen MR) is 64.2 cm³/mol. The van der Waals surface area contributed by atoms with E-state index in [0.29, 0.717) is 13.0 Å². The van der Waals surface area contributed by atoms with Crippen molar-refractivity contribution in [3.63, 3.8) is 0 Å². The van der Waals surface area contributed by atoms with E-state index >= 15 is 0 Å². The van der Waals surface area contributed by atoms with Gasteiger partial charge in [0.15, 0.2) is 0 Å². The number of carboxylic acid groups (broad SMARTS) is 1. The van der Waals surface area contributed by atoms with Crippen molar-refractivity contribution in [1.29, 1.82) is 0 Å². The quantitative estimate of drug-likeness (QED) is 0.733. The molecule has 102 valence electrons. The third kappa shape index (κ3) is 2.64. The molecule has 0 bridgehead atoms. The molecule has 2 fully saturated rings. The van der Waals surface area contributed by atoms with Gasteiger partial charge in [0, 0.05) is 20.1 Å². The summed E-state index contributed by atoms with van der Waals surface area (Å²) in [6.45, 7) is 1.21. The zero-order valence-electron chi connectivity index (χ0n) is 10.6. The number of likely N-dealkylation sites (tertiary alicyclic amines) is 1. The summed E-state index contributed by atoms with van der Waals surface area (Å²) < 4.78 is 5.18. The number of nitrogens with zero attached hydrogens (tertiary/aromatic N) is 1. The van der Waals surface area contributed by atoms with E-state index in [9.17, 15) is 14.7 Å². The van der Waals surface area contributed by atoms with E-state index in [1.165, 1.54) is 4.90 Å². The van der Waals surface area contributed by atoms with Gasteiger partial charge in [-0.05, 0) is 19.4 Å². The Bertz CT molecular complexity index is 328. The Morgan fingerprint density at radius 3 is 2.72 bits per heavy atom. The number of methoxy groups -OCH3 is 1. The fraction of sp³-hybridized carbons (Fsp3) is 0.833. The summed E-state index contributed by atoms with van der Waals surface area (Å²) >= 11 is 0. The van der Waals surface area contributed by atoms with Crippen LogP contribution in [-0.4, -0.2) is 60.3 Å². The number of piperidine rings is 1. The van der Waals surface area contributed by atoms with Crippen LogP contribution in [0.3, 0.4) is 0 Å². The van der Waals surface area contributed by atoms with E-state index < -0.39 is 12.0 Å². The molecule has 0 spiro atoms. The first kappa shape index (κ1) is 13.3. The molecule has 18 heavy (non-hydrogen) atoms. The molecule has 2 unspecified atom stereocenters. The molecule has 2 saturated heterocycles. The Balaban J connectivity index is 2.04. The molecule has 0 aromatic carbocycles. The normalized spacial score (nSPS) is 32.5. The van der Waals surface area contributed by atoms with E-state index in [0.717, 1.165) is 25.8 Å². The maximum absolute atomic E-state index is 12.3. The van der Waals surface area contributed by atoms with Crippen molar-refractivity contribution in [2.75, 3.05) is 20.2 Å². The van der Waals surface area contributed by atoms with Gasteiger partial charge in [-0.2, -0.15) is 0 Å². The Kier molecular flexibility index (Phi) is 4.19. The van der Waals surface area contributed by atoms with Gasteiger partial charge in [0.2, 0.25) is 5.91 Å². The van der Waals surface area contributed by atoms with Gasteiger partial charge in [-0.25, -0.2) is 4.79 Å². The van der Waals surface area contributed by atoms with Gasteiger partial charge in [0.05, 0.1) is 12.1 Å². The lowest BCUT2D eigenvalue weighted by molar-refractivity contribution is -0.149. The van der Waals surface area contributed by atoms with Crippen LogP contribution in [0.15, 0.2) is 0 Å². The van der Waals surface area contributed by atoms with Crippen molar-refractivity contribution < 1.29 is 19.4 Å². The van der Waals surface area contributed by atoms with Crippen LogP contribution in [-0.2, 0) is 14.3 Å². The van der Waals surface area contributed by atoms with Crippen LogP contribution in [0.5, 0.6) is 0 Å². The lowest BCUT2D eigenvalue weighted by Gasteiger charge is -2.29. The van der Waals surface area contributed by atoms with E-state index in [4.69, 9.17) is 4.74 Å². The fourth-order valence-electron chi connectivity index (χ4n) is 2.71. The summed E-state index contributed by atoms with van der Waals surface area (Å²) in [7, 11) is 1.55. The smallest absolute Gasteiger partial charge is 0.326 e. The monoisotopic (exact) mass is 256 g/mol. The molecule has 6 heteroatoms. The van der Waals surface area contributed by atoms with Crippen molar-refractivity contribution in [3.05, 3.63) is 0 Å². The van der Waals surface area contributed by atoms with Gasteiger partial charge in [0.25, 0.3) is 0 Å². The average Bonchev–Trinajstić information content (AvgIpc) is 2.83. The van der Waals surface area contributed by atoms with Crippen molar-refractivity contribution in [2.24, 2.45) is 0 Å². The van der Waals surface area contributed by atoms with Crippen molar-refractivity contribution >= 4 is 11.9 Å². The molecule has 2 aliphatic heterocycles. The SMILES string of the molecule is COC1CC(C(=O)O)N(C(=O)[C@H]2CCCCN2)C1. The molecule has 3 atom stereocenters. The largest absolute Gasteiger partial charge is 0.480 e. The average molecular weight is 256 g/mol. The van der Waals surface area contributed by atoms with Crippen LogP contribution in [0.4, 0.5) is 0 Å². The molecular formula is C12H20N2O4. The highest BCUT2D eigenvalue weighted by Gasteiger charge is 2.41. The second kappa shape index (κ2) is 5.67. The molecular weight excluding hydrogens is 236 g/mol. The predicted octanol–water partition coefficient (Wildman–Crippen LogP) is -0.171. The summed E-state index contributed by atoms with van der Waals surface area (Å²) in [6.07, 6.45) is 3.10. The minimum absolute atomic E-state index is 0.0957. The van der Waals surface area contributed by atoms with Gasteiger partial charge >= 0.3 is 5.97 Å². The van der Waals surface area contributed by atoms with Gasteiger partial charge in [0.1, 0.15) is 6.04 Å². The molecule has 2 aliphatic rings. The molecule has 0 aromatic rings. The van der Waals surface area contributed by atoms with Crippen LogP contribution >= 0.6 is 0 Å². The van der Waals surface area contributed by atoms with Crippen LogP contribution in [0.2, 0.25) is 0 Å². The maximum Gasteiger partial charge on any atom is 0.326 e. The van der Waals surface area contributed by atoms with Crippen LogP contribution in [0.1, 0.15) is 25.7 Å². The number of amides is 1. The summed E-state index contributed by atoms with van der Waals surface area (Å²) in [5.41, 5.74) is 0. The lowest BCUT2D eigenvalue weighted by atomic mass is 10.0. The van der Waals surface area contributed by atoms with Crippen molar-refractivity contribution in [1.82, 2.24) is 10.2 Å². The topological polar surface area (TPSA) is 78.9 Å². The zero-order chi connectivity index (χ0) is 13.1. The molecule has 0 radical (unpaired) electrons. The Morgan fingerprint density at radius 1 is 1.39 bits per heavy atom. The molecule has 6 nitrogen and oxygen atoms in total. The van der Waals surface area contributed by atoms with Crippen LogP contribution in [0, 0.1) is 0 Å². The highest BCUT2D eigenvalue weighted by Crippen LogP contribution is 2.22. The highest BCUT2D eigenvalue weighted by molar-refractivity contribution is 5.87. The standard InChI is InChI=1S/C12H20N2O4/c1-18-8-6-10(12(16)17)14(7-8)11(15)9-4-2-3-5-13-9/h8-10,13H,2-7H2,1H3,(H,16,17)/t8?,9-,10?/m1/s1. The minimum Gasteiger partial charge on any atom is -0.480 e. The second-order valence-corrected chi connectivity index (χ2v) is 4.94. The molecule has 0 saturated carbocycles. The number of carboxylic acids is 1. The lowest BCUT2D eigenvalue weighted by Crippen LogP contribution is -2.51.